The molecular weight excluding hydrogens is 276 g/mol. The van der Waals surface area contributed by atoms with Gasteiger partial charge in [-0.2, -0.15) is 4.31 Å². The Balaban J connectivity index is 1.99. The molecule has 1 aromatic carbocycles. The van der Waals surface area contributed by atoms with Crippen LogP contribution in [0.3, 0.4) is 0 Å². The average molecular weight is 298 g/mol. The summed E-state index contributed by atoms with van der Waals surface area (Å²) in [6, 6.07) is 6.98. The third-order valence-electron chi connectivity index (χ3n) is 3.63. The summed E-state index contributed by atoms with van der Waals surface area (Å²) in [6.07, 6.45) is 0.865. The molecule has 0 aliphatic carbocycles. The molecule has 1 atom stereocenters. The van der Waals surface area contributed by atoms with Gasteiger partial charge in [0, 0.05) is 19.6 Å². The number of nitrogens with zero attached hydrogens (tertiary/aromatic N) is 1. The van der Waals surface area contributed by atoms with Gasteiger partial charge in [0.15, 0.2) is 0 Å². The zero-order valence-electron chi connectivity index (χ0n) is 11.7. The van der Waals surface area contributed by atoms with E-state index in [0.29, 0.717) is 30.4 Å². The van der Waals surface area contributed by atoms with Gasteiger partial charge in [-0.05, 0) is 37.9 Å². The van der Waals surface area contributed by atoms with Gasteiger partial charge in [0.25, 0.3) is 0 Å². The third-order valence-corrected chi connectivity index (χ3v) is 5.51. The Morgan fingerprint density at radius 1 is 1.35 bits per heavy atom. The normalized spacial score (nSPS) is 20.4. The second-order valence-electron chi connectivity index (χ2n) is 5.26. The molecule has 0 amide bonds. The predicted molar refractivity (Wildman–Crippen MR) is 78.0 cm³/mol. The van der Waals surface area contributed by atoms with E-state index in [1.54, 1.807) is 16.4 Å². The predicted octanol–water partition coefficient (Wildman–Crippen LogP) is 0.588. The molecule has 1 aromatic rings. The molecule has 0 saturated carbocycles. The second-order valence-corrected chi connectivity index (χ2v) is 7.20. The molecule has 1 aliphatic rings. The fourth-order valence-electron chi connectivity index (χ4n) is 2.43. The number of aryl methyl sites for hydroxylation is 1. The van der Waals surface area contributed by atoms with Gasteiger partial charge in [0.05, 0.1) is 11.5 Å². The lowest BCUT2D eigenvalue weighted by Crippen LogP contribution is -2.31. The second kappa shape index (κ2) is 6.67. The van der Waals surface area contributed by atoms with Crippen LogP contribution >= 0.6 is 0 Å². The summed E-state index contributed by atoms with van der Waals surface area (Å²) < 4.78 is 26.5. The van der Waals surface area contributed by atoms with Crippen LogP contribution in [0, 0.1) is 12.8 Å². The summed E-state index contributed by atoms with van der Waals surface area (Å²) in [7, 11) is -3.36. The number of nitrogens with one attached hydrogen (secondary N) is 1. The molecule has 2 N–H and O–H groups in total. The molecule has 0 bridgehead atoms. The zero-order chi connectivity index (χ0) is 14.6. The maximum absolute atomic E-state index is 12.5. The van der Waals surface area contributed by atoms with E-state index in [4.69, 9.17) is 5.11 Å². The Kier molecular flexibility index (Phi) is 5.15. The maximum Gasteiger partial charge on any atom is 0.243 e. The quantitative estimate of drug-likeness (QED) is 0.754. The van der Waals surface area contributed by atoms with E-state index in [-0.39, 0.29) is 6.61 Å². The molecule has 20 heavy (non-hydrogen) atoms. The molecule has 0 radical (unpaired) electrons. The van der Waals surface area contributed by atoms with E-state index in [9.17, 15) is 8.42 Å². The first-order valence-corrected chi connectivity index (χ1v) is 8.36. The minimum atomic E-state index is -3.36. The smallest absolute Gasteiger partial charge is 0.243 e. The molecule has 6 heteroatoms. The van der Waals surface area contributed by atoms with Gasteiger partial charge in [0.1, 0.15) is 0 Å². The Hall–Kier alpha value is -0.950. The maximum atomic E-state index is 12.5. The van der Waals surface area contributed by atoms with E-state index < -0.39 is 10.0 Å². The van der Waals surface area contributed by atoms with Crippen LogP contribution in [0.15, 0.2) is 29.2 Å². The summed E-state index contributed by atoms with van der Waals surface area (Å²) in [4.78, 5) is 0.368. The van der Waals surface area contributed by atoms with Crippen LogP contribution in [-0.4, -0.2) is 50.6 Å². The standard InChI is InChI=1S/C14H22N2O3S/c1-12-2-4-14(5-3-12)20(18,19)16-8-6-13(11-16)10-15-7-9-17/h2-5,13,15,17H,6-11H2,1H3/t13-/m0/s1. The van der Waals surface area contributed by atoms with E-state index in [2.05, 4.69) is 5.32 Å². The molecule has 1 fully saturated rings. The molecule has 2 rings (SSSR count). The third kappa shape index (κ3) is 3.58. The first-order chi connectivity index (χ1) is 9.54. The van der Waals surface area contributed by atoms with Crippen molar-refractivity contribution in [2.75, 3.05) is 32.8 Å². The van der Waals surface area contributed by atoms with Crippen LogP contribution in [0.1, 0.15) is 12.0 Å². The monoisotopic (exact) mass is 298 g/mol. The van der Waals surface area contributed by atoms with Gasteiger partial charge in [-0.3, -0.25) is 0 Å². The van der Waals surface area contributed by atoms with E-state index >= 15 is 0 Å². The Morgan fingerprint density at radius 3 is 2.70 bits per heavy atom. The van der Waals surface area contributed by atoms with Crippen LogP contribution in [0.4, 0.5) is 0 Å². The van der Waals surface area contributed by atoms with Crippen LogP contribution in [0.25, 0.3) is 0 Å². The van der Waals surface area contributed by atoms with Crippen molar-refractivity contribution in [2.24, 2.45) is 5.92 Å². The molecule has 1 heterocycles. The molecule has 1 saturated heterocycles. The van der Waals surface area contributed by atoms with Gasteiger partial charge in [-0.1, -0.05) is 17.7 Å². The lowest BCUT2D eigenvalue weighted by Gasteiger charge is -2.17. The van der Waals surface area contributed by atoms with Gasteiger partial charge in [-0.25, -0.2) is 8.42 Å². The van der Waals surface area contributed by atoms with Crippen molar-refractivity contribution in [3.8, 4) is 0 Å². The van der Waals surface area contributed by atoms with Gasteiger partial charge in [0.2, 0.25) is 10.0 Å². The molecule has 5 nitrogen and oxygen atoms in total. The highest BCUT2D eigenvalue weighted by atomic mass is 32.2. The number of sulfonamides is 1. The lowest BCUT2D eigenvalue weighted by atomic mass is 10.1. The van der Waals surface area contributed by atoms with Crippen LogP contribution < -0.4 is 5.32 Å². The highest BCUT2D eigenvalue weighted by molar-refractivity contribution is 7.89. The number of rotatable bonds is 6. The van der Waals surface area contributed by atoms with Gasteiger partial charge in [-0.15, -0.1) is 0 Å². The van der Waals surface area contributed by atoms with Crippen LogP contribution in [0.2, 0.25) is 0 Å². The van der Waals surface area contributed by atoms with E-state index in [1.165, 1.54) is 0 Å². The number of benzene rings is 1. The zero-order valence-corrected chi connectivity index (χ0v) is 12.6. The van der Waals surface area contributed by atoms with Crippen molar-refractivity contribution < 1.29 is 13.5 Å². The van der Waals surface area contributed by atoms with Crippen molar-refractivity contribution in [2.45, 2.75) is 18.2 Å². The molecule has 0 aromatic heterocycles. The lowest BCUT2D eigenvalue weighted by molar-refractivity contribution is 0.288. The molecule has 1 aliphatic heterocycles. The van der Waals surface area contributed by atoms with Crippen molar-refractivity contribution >= 4 is 10.0 Å². The number of aliphatic hydroxyl groups is 1. The Labute approximate surface area is 120 Å². The number of hydrogen-bond acceptors (Lipinski definition) is 4. The van der Waals surface area contributed by atoms with Crippen LogP contribution in [0.5, 0.6) is 0 Å². The topological polar surface area (TPSA) is 69.6 Å². The first-order valence-electron chi connectivity index (χ1n) is 6.92. The summed E-state index contributed by atoms with van der Waals surface area (Å²) in [6.45, 7) is 4.48. The first kappa shape index (κ1) is 15.4. The minimum Gasteiger partial charge on any atom is -0.395 e. The fraction of sp³-hybridized carbons (Fsp3) is 0.571. The van der Waals surface area contributed by atoms with Gasteiger partial charge < -0.3 is 10.4 Å². The molecular formula is C14H22N2O3S. The molecule has 0 spiro atoms. The highest BCUT2D eigenvalue weighted by Crippen LogP contribution is 2.24. The van der Waals surface area contributed by atoms with Crippen molar-refractivity contribution in [1.82, 2.24) is 9.62 Å². The number of hydrogen-bond donors (Lipinski definition) is 2. The van der Waals surface area contributed by atoms with E-state index in [0.717, 1.165) is 18.5 Å². The van der Waals surface area contributed by atoms with Crippen LogP contribution in [-0.2, 0) is 10.0 Å². The molecule has 0 unspecified atom stereocenters. The van der Waals surface area contributed by atoms with Crippen molar-refractivity contribution in [3.05, 3.63) is 29.8 Å². The Morgan fingerprint density at radius 2 is 2.05 bits per heavy atom. The van der Waals surface area contributed by atoms with Gasteiger partial charge >= 0.3 is 0 Å². The summed E-state index contributed by atoms with van der Waals surface area (Å²) in [5, 5.41) is 11.8. The largest absolute Gasteiger partial charge is 0.395 e. The van der Waals surface area contributed by atoms with Crippen molar-refractivity contribution in [3.63, 3.8) is 0 Å². The fourth-order valence-corrected chi connectivity index (χ4v) is 3.96. The van der Waals surface area contributed by atoms with E-state index in [1.807, 2.05) is 19.1 Å². The highest BCUT2D eigenvalue weighted by Gasteiger charge is 2.32. The average Bonchev–Trinajstić information content (AvgIpc) is 2.89. The summed E-state index contributed by atoms with van der Waals surface area (Å²) in [5.74, 6) is 0.321. The summed E-state index contributed by atoms with van der Waals surface area (Å²) >= 11 is 0. The minimum absolute atomic E-state index is 0.109. The number of aliphatic hydroxyl groups excluding tert-OH is 1. The summed E-state index contributed by atoms with van der Waals surface area (Å²) in [5.41, 5.74) is 1.05. The molecule has 112 valence electrons. The van der Waals surface area contributed by atoms with Crippen molar-refractivity contribution in [1.29, 1.82) is 0 Å². The Bertz CT molecular complexity index is 528. The SMILES string of the molecule is Cc1ccc(S(=O)(=O)N2CC[C@@H](CNCCO)C2)cc1.